The Morgan fingerprint density at radius 3 is 2.29 bits per heavy atom. The maximum atomic E-state index is 11.4. The average Bonchev–Trinajstić information content (AvgIpc) is 2.38. The molecular formula is C13H10ClNO4S2. The minimum atomic E-state index is -3.26. The van der Waals surface area contributed by atoms with Gasteiger partial charge < -0.3 is 0 Å². The van der Waals surface area contributed by atoms with Gasteiger partial charge in [-0.25, -0.2) is 8.42 Å². The molecule has 5 nitrogen and oxygen atoms in total. The van der Waals surface area contributed by atoms with Crippen LogP contribution in [0.25, 0.3) is 0 Å². The van der Waals surface area contributed by atoms with Crippen LogP contribution in [0, 0.1) is 10.1 Å². The van der Waals surface area contributed by atoms with Crippen molar-refractivity contribution in [1.29, 1.82) is 0 Å². The SMILES string of the molecule is CS(=O)(=O)c1ccc(Sc2cccc(Cl)c2[N+](=O)[O-])cc1. The van der Waals surface area contributed by atoms with Crippen LogP contribution in [-0.2, 0) is 9.84 Å². The van der Waals surface area contributed by atoms with Crippen LogP contribution < -0.4 is 0 Å². The first-order valence-corrected chi connectivity index (χ1v) is 8.78. The molecule has 0 spiro atoms. The number of hydrogen-bond acceptors (Lipinski definition) is 5. The molecule has 0 N–H and O–H groups in total. The van der Waals surface area contributed by atoms with E-state index in [4.69, 9.17) is 11.6 Å². The molecular weight excluding hydrogens is 334 g/mol. The van der Waals surface area contributed by atoms with E-state index < -0.39 is 14.8 Å². The maximum absolute atomic E-state index is 11.4. The smallest absolute Gasteiger partial charge is 0.258 e. The van der Waals surface area contributed by atoms with E-state index in [1.165, 1.54) is 18.2 Å². The molecule has 0 saturated carbocycles. The van der Waals surface area contributed by atoms with E-state index in [0.29, 0.717) is 9.79 Å². The summed E-state index contributed by atoms with van der Waals surface area (Å²) in [4.78, 5) is 11.8. The Hall–Kier alpha value is -1.57. The fraction of sp³-hybridized carbons (Fsp3) is 0.0769. The molecule has 8 heteroatoms. The summed E-state index contributed by atoms with van der Waals surface area (Å²) in [7, 11) is -3.26. The number of nitro groups is 1. The number of nitro benzene ring substituents is 1. The lowest BCUT2D eigenvalue weighted by Crippen LogP contribution is -1.96. The monoisotopic (exact) mass is 343 g/mol. The van der Waals surface area contributed by atoms with Gasteiger partial charge >= 0.3 is 5.69 Å². The van der Waals surface area contributed by atoms with Crippen LogP contribution in [-0.4, -0.2) is 19.6 Å². The molecule has 0 heterocycles. The highest BCUT2D eigenvalue weighted by molar-refractivity contribution is 7.99. The Morgan fingerprint density at radius 1 is 1.14 bits per heavy atom. The van der Waals surface area contributed by atoms with E-state index >= 15 is 0 Å². The van der Waals surface area contributed by atoms with Gasteiger partial charge in [-0.1, -0.05) is 29.4 Å². The number of hydrogen-bond donors (Lipinski definition) is 0. The molecule has 0 saturated heterocycles. The average molecular weight is 344 g/mol. The minimum absolute atomic E-state index is 0.0674. The van der Waals surface area contributed by atoms with Crippen molar-refractivity contribution in [2.75, 3.05) is 6.26 Å². The van der Waals surface area contributed by atoms with Crippen molar-refractivity contribution in [2.45, 2.75) is 14.7 Å². The topological polar surface area (TPSA) is 77.3 Å². The zero-order valence-electron chi connectivity index (χ0n) is 10.8. The normalized spacial score (nSPS) is 11.3. The first-order valence-electron chi connectivity index (χ1n) is 5.70. The summed E-state index contributed by atoms with van der Waals surface area (Å²) in [5, 5.41) is 11.1. The predicted molar refractivity (Wildman–Crippen MR) is 81.8 cm³/mol. The molecule has 2 rings (SSSR count). The van der Waals surface area contributed by atoms with Crippen molar-refractivity contribution in [2.24, 2.45) is 0 Å². The van der Waals surface area contributed by atoms with Crippen molar-refractivity contribution in [3.8, 4) is 0 Å². The Bertz CT molecular complexity index is 788. The van der Waals surface area contributed by atoms with Gasteiger partial charge in [0.2, 0.25) is 0 Å². The fourth-order valence-corrected chi connectivity index (χ4v) is 3.52. The summed E-state index contributed by atoms with van der Waals surface area (Å²) in [6.45, 7) is 0. The van der Waals surface area contributed by atoms with Gasteiger partial charge in [0.1, 0.15) is 5.02 Å². The zero-order chi connectivity index (χ0) is 15.6. The largest absolute Gasteiger partial charge is 0.301 e. The van der Waals surface area contributed by atoms with E-state index in [9.17, 15) is 18.5 Å². The van der Waals surface area contributed by atoms with Gasteiger partial charge in [0.15, 0.2) is 9.84 Å². The molecule has 0 fully saturated rings. The van der Waals surface area contributed by atoms with Crippen LogP contribution in [0.1, 0.15) is 0 Å². The Morgan fingerprint density at radius 2 is 1.76 bits per heavy atom. The predicted octanol–water partition coefficient (Wildman–Crippen LogP) is 3.80. The van der Waals surface area contributed by atoms with Crippen molar-refractivity contribution in [3.05, 3.63) is 57.6 Å². The zero-order valence-corrected chi connectivity index (χ0v) is 13.2. The number of rotatable bonds is 4. The number of para-hydroxylation sites is 1. The molecule has 0 aliphatic carbocycles. The van der Waals surface area contributed by atoms with Crippen LogP contribution in [0.3, 0.4) is 0 Å². The second kappa shape index (κ2) is 6.05. The molecule has 0 aromatic heterocycles. The Balaban J connectivity index is 2.35. The van der Waals surface area contributed by atoms with Gasteiger partial charge in [-0.15, -0.1) is 0 Å². The second-order valence-corrected chi connectivity index (χ2v) is 7.73. The third-order valence-electron chi connectivity index (χ3n) is 2.61. The minimum Gasteiger partial charge on any atom is -0.258 e. The molecule has 2 aromatic rings. The van der Waals surface area contributed by atoms with Crippen molar-refractivity contribution in [3.63, 3.8) is 0 Å². The molecule has 0 unspecified atom stereocenters. The molecule has 2 aromatic carbocycles. The standard InChI is InChI=1S/C13H10ClNO4S2/c1-21(18,19)10-7-5-9(6-8-10)20-12-4-2-3-11(14)13(12)15(16)17/h2-8H,1H3. The molecule has 0 aliphatic heterocycles. The van der Waals surface area contributed by atoms with Crippen LogP contribution >= 0.6 is 23.4 Å². The van der Waals surface area contributed by atoms with Gasteiger partial charge in [0.25, 0.3) is 0 Å². The van der Waals surface area contributed by atoms with Gasteiger partial charge in [-0.3, -0.25) is 10.1 Å². The first-order chi connectivity index (χ1) is 9.79. The van der Waals surface area contributed by atoms with E-state index in [1.54, 1.807) is 24.3 Å². The quantitative estimate of drug-likeness (QED) is 0.623. The molecule has 0 atom stereocenters. The van der Waals surface area contributed by atoms with Crippen molar-refractivity contribution >= 4 is 38.9 Å². The summed E-state index contributed by atoms with van der Waals surface area (Å²) >= 11 is 7.00. The van der Waals surface area contributed by atoms with Crippen LogP contribution in [0.5, 0.6) is 0 Å². The van der Waals surface area contributed by atoms with Gasteiger partial charge in [-0.05, 0) is 36.4 Å². The number of nitrogens with zero attached hydrogens (tertiary/aromatic N) is 1. The molecule has 0 radical (unpaired) electrons. The Kier molecular flexibility index (Phi) is 4.55. The summed E-state index contributed by atoms with van der Waals surface area (Å²) in [6, 6.07) is 10.8. The summed E-state index contributed by atoms with van der Waals surface area (Å²) in [5.74, 6) is 0. The van der Waals surface area contributed by atoms with Crippen LogP contribution in [0.2, 0.25) is 5.02 Å². The lowest BCUT2D eigenvalue weighted by molar-refractivity contribution is -0.387. The van der Waals surface area contributed by atoms with E-state index in [0.717, 1.165) is 18.0 Å². The highest BCUT2D eigenvalue weighted by Gasteiger charge is 2.19. The maximum Gasteiger partial charge on any atom is 0.301 e. The number of halogens is 1. The lowest BCUT2D eigenvalue weighted by atomic mass is 10.3. The van der Waals surface area contributed by atoms with Gasteiger partial charge in [-0.2, -0.15) is 0 Å². The fourth-order valence-electron chi connectivity index (χ4n) is 1.64. The molecule has 110 valence electrons. The summed E-state index contributed by atoms with van der Waals surface area (Å²) in [6.07, 6.45) is 1.12. The third-order valence-corrected chi connectivity index (χ3v) is 5.10. The second-order valence-electron chi connectivity index (χ2n) is 4.19. The van der Waals surface area contributed by atoms with E-state index in [-0.39, 0.29) is 15.6 Å². The van der Waals surface area contributed by atoms with Crippen LogP contribution in [0.4, 0.5) is 5.69 Å². The highest BCUT2D eigenvalue weighted by atomic mass is 35.5. The third kappa shape index (κ3) is 3.75. The van der Waals surface area contributed by atoms with E-state index in [1.807, 2.05) is 0 Å². The highest BCUT2D eigenvalue weighted by Crippen LogP contribution is 2.38. The molecule has 0 bridgehead atoms. The summed E-state index contributed by atoms with van der Waals surface area (Å²) in [5.41, 5.74) is -0.156. The van der Waals surface area contributed by atoms with Crippen LogP contribution in [0.15, 0.2) is 57.2 Å². The number of benzene rings is 2. The van der Waals surface area contributed by atoms with Crippen molar-refractivity contribution in [1.82, 2.24) is 0 Å². The lowest BCUT2D eigenvalue weighted by Gasteiger charge is -2.05. The van der Waals surface area contributed by atoms with Crippen molar-refractivity contribution < 1.29 is 13.3 Å². The molecule has 21 heavy (non-hydrogen) atoms. The van der Waals surface area contributed by atoms with Gasteiger partial charge in [0.05, 0.1) is 14.7 Å². The van der Waals surface area contributed by atoms with Gasteiger partial charge in [0, 0.05) is 11.2 Å². The molecule has 0 aliphatic rings. The summed E-state index contributed by atoms with van der Waals surface area (Å²) < 4.78 is 22.8. The van der Waals surface area contributed by atoms with E-state index in [2.05, 4.69) is 0 Å². The number of sulfone groups is 1. The first kappa shape index (κ1) is 15.8. The Labute approximate surface area is 131 Å². The molecule has 0 amide bonds.